The molecule has 2 rings (SSSR count). The molecule has 0 aromatic heterocycles. The van der Waals surface area contributed by atoms with E-state index in [1.165, 1.54) is 0 Å². The zero-order valence-corrected chi connectivity index (χ0v) is 12.7. The van der Waals surface area contributed by atoms with Gasteiger partial charge in [0.05, 0.1) is 13.2 Å². The second-order valence-electron chi connectivity index (χ2n) is 5.11. The molecule has 0 fully saturated rings. The van der Waals surface area contributed by atoms with Crippen molar-refractivity contribution in [2.45, 2.75) is 25.7 Å². The zero-order valence-electron chi connectivity index (χ0n) is 12.7. The van der Waals surface area contributed by atoms with E-state index in [0.717, 1.165) is 50.1 Å². The summed E-state index contributed by atoms with van der Waals surface area (Å²) in [4.78, 5) is 10.5. The molecule has 0 spiro atoms. The molecule has 0 N–H and O–H groups in total. The predicted octanol–water partition coefficient (Wildman–Crippen LogP) is 4.52. The third kappa shape index (κ3) is 6.00. The molecule has 0 radical (unpaired) electrons. The molecule has 0 amide bonds. The summed E-state index contributed by atoms with van der Waals surface area (Å²) in [6.45, 7) is 1.47. The minimum Gasteiger partial charge on any atom is -0.494 e. The van der Waals surface area contributed by atoms with E-state index in [1.54, 1.807) is 12.1 Å². The van der Waals surface area contributed by atoms with Crippen molar-refractivity contribution >= 4 is 6.29 Å². The Balaban J connectivity index is 1.48. The molecule has 0 saturated heterocycles. The molecule has 0 saturated carbocycles. The van der Waals surface area contributed by atoms with E-state index >= 15 is 0 Å². The fourth-order valence-corrected chi connectivity index (χ4v) is 2.10. The van der Waals surface area contributed by atoms with Crippen LogP contribution in [0.15, 0.2) is 54.6 Å². The topological polar surface area (TPSA) is 35.5 Å². The normalized spacial score (nSPS) is 10.2. The molecule has 116 valence electrons. The summed E-state index contributed by atoms with van der Waals surface area (Å²) in [5, 5.41) is 0. The predicted molar refractivity (Wildman–Crippen MR) is 87.7 cm³/mol. The standard InChI is InChI=1S/C19H22O3/c20-16-17-10-12-19(13-11-17)22-15-7-2-1-6-14-21-18-8-4-3-5-9-18/h3-5,8-13,16H,1-2,6-7,14-15H2. The first-order valence-corrected chi connectivity index (χ1v) is 7.74. The van der Waals surface area contributed by atoms with Gasteiger partial charge in [0.25, 0.3) is 0 Å². The fraction of sp³-hybridized carbons (Fsp3) is 0.316. The third-order valence-electron chi connectivity index (χ3n) is 3.34. The SMILES string of the molecule is O=Cc1ccc(OCCCCCCOc2ccccc2)cc1. The number of rotatable bonds is 10. The maximum atomic E-state index is 10.5. The van der Waals surface area contributed by atoms with Gasteiger partial charge in [0.15, 0.2) is 0 Å². The van der Waals surface area contributed by atoms with Gasteiger partial charge in [-0.1, -0.05) is 18.2 Å². The third-order valence-corrected chi connectivity index (χ3v) is 3.34. The quantitative estimate of drug-likeness (QED) is 0.478. The molecule has 2 aromatic carbocycles. The van der Waals surface area contributed by atoms with Gasteiger partial charge in [0, 0.05) is 5.56 Å². The number of carbonyl (C=O) groups is 1. The Hall–Kier alpha value is -2.29. The van der Waals surface area contributed by atoms with Gasteiger partial charge in [-0.2, -0.15) is 0 Å². The second-order valence-corrected chi connectivity index (χ2v) is 5.11. The molecule has 0 unspecified atom stereocenters. The van der Waals surface area contributed by atoms with Gasteiger partial charge in [0.2, 0.25) is 0 Å². The summed E-state index contributed by atoms with van der Waals surface area (Å²) in [6, 6.07) is 17.1. The van der Waals surface area contributed by atoms with Crippen LogP contribution in [0.3, 0.4) is 0 Å². The van der Waals surface area contributed by atoms with Crippen molar-refractivity contribution in [1.82, 2.24) is 0 Å². The molecule has 0 aliphatic heterocycles. The van der Waals surface area contributed by atoms with Crippen molar-refractivity contribution in [2.24, 2.45) is 0 Å². The molecule has 0 atom stereocenters. The molecule has 0 aliphatic carbocycles. The highest BCUT2D eigenvalue weighted by Gasteiger charge is 1.96. The first-order valence-electron chi connectivity index (χ1n) is 7.74. The number of hydrogen-bond acceptors (Lipinski definition) is 3. The summed E-state index contributed by atoms with van der Waals surface area (Å²) >= 11 is 0. The van der Waals surface area contributed by atoms with E-state index < -0.39 is 0 Å². The van der Waals surface area contributed by atoms with Crippen LogP contribution in [-0.2, 0) is 0 Å². The molecular weight excluding hydrogens is 276 g/mol. The van der Waals surface area contributed by atoms with Gasteiger partial charge in [-0.05, 0) is 62.1 Å². The van der Waals surface area contributed by atoms with Crippen molar-refractivity contribution in [3.05, 3.63) is 60.2 Å². The molecule has 0 heterocycles. The van der Waals surface area contributed by atoms with Gasteiger partial charge < -0.3 is 9.47 Å². The number of ether oxygens (including phenoxy) is 2. The number of unbranched alkanes of at least 4 members (excludes halogenated alkanes) is 3. The summed E-state index contributed by atoms with van der Waals surface area (Å²) < 4.78 is 11.3. The molecule has 2 aromatic rings. The van der Waals surface area contributed by atoms with Crippen LogP contribution in [0.25, 0.3) is 0 Å². The van der Waals surface area contributed by atoms with E-state index in [4.69, 9.17) is 9.47 Å². The lowest BCUT2D eigenvalue weighted by molar-refractivity contribution is 0.112. The van der Waals surface area contributed by atoms with Crippen molar-refractivity contribution in [2.75, 3.05) is 13.2 Å². The van der Waals surface area contributed by atoms with Gasteiger partial charge in [-0.15, -0.1) is 0 Å². The number of carbonyl (C=O) groups excluding carboxylic acids is 1. The van der Waals surface area contributed by atoms with Crippen LogP contribution < -0.4 is 9.47 Å². The molecule has 3 heteroatoms. The van der Waals surface area contributed by atoms with Crippen LogP contribution in [0.5, 0.6) is 11.5 Å². The molecule has 3 nitrogen and oxygen atoms in total. The summed E-state index contributed by atoms with van der Waals surface area (Å²) in [5.74, 6) is 1.75. The van der Waals surface area contributed by atoms with E-state index in [2.05, 4.69) is 0 Å². The van der Waals surface area contributed by atoms with Gasteiger partial charge >= 0.3 is 0 Å². The number of para-hydroxylation sites is 1. The largest absolute Gasteiger partial charge is 0.494 e. The average Bonchev–Trinajstić information content (AvgIpc) is 2.59. The van der Waals surface area contributed by atoms with Gasteiger partial charge in [0.1, 0.15) is 17.8 Å². The van der Waals surface area contributed by atoms with Crippen molar-refractivity contribution in [3.63, 3.8) is 0 Å². The maximum Gasteiger partial charge on any atom is 0.150 e. The van der Waals surface area contributed by atoms with Crippen LogP contribution in [0, 0.1) is 0 Å². The Morgan fingerprint density at radius 2 is 1.23 bits per heavy atom. The van der Waals surface area contributed by atoms with E-state index in [-0.39, 0.29) is 0 Å². The Kier molecular flexibility index (Phi) is 7.03. The Bertz CT molecular complexity index is 534. The summed E-state index contributed by atoms with van der Waals surface area (Å²) in [7, 11) is 0. The molecule has 22 heavy (non-hydrogen) atoms. The Morgan fingerprint density at radius 1 is 0.682 bits per heavy atom. The number of benzene rings is 2. The Morgan fingerprint density at radius 3 is 1.77 bits per heavy atom. The van der Waals surface area contributed by atoms with Crippen molar-refractivity contribution in [1.29, 1.82) is 0 Å². The van der Waals surface area contributed by atoms with Crippen LogP contribution in [0.2, 0.25) is 0 Å². The number of hydrogen-bond donors (Lipinski definition) is 0. The fourth-order valence-electron chi connectivity index (χ4n) is 2.10. The lowest BCUT2D eigenvalue weighted by atomic mass is 10.2. The molecular formula is C19H22O3. The highest BCUT2D eigenvalue weighted by Crippen LogP contribution is 2.12. The van der Waals surface area contributed by atoms with Gasteiger partial charge in [-0.25, -0.2) is 0 Å². The monoisotopic (exact) mass is 298 g/mol. The second kappa shape index (κ2) is 9.61. The van der Waals surface area contributed by atoms with E-state index in [9.17, 15) is 4.79 Å². The first-order chi connectivity index (χ1) is 10.9. The van der Waals surface area contributed by atoms with Crippen LogP contribution >= 0.6 is 0 Å². The van der Waals surface area contributed by atoms with Crippen molar-refractivity contribution < 1.29 is 14.3 Å². The van der Waals surface area contributed by atoms with Crippen LogP contribution in [-0.4, -0.2) is 19.5 Å². The molecule has 0 bridgehead atoms. The lowest BCUT2D eigenvalue weighted by Gasteiger charge is -2.07. The summed E-state index contributed by atoms with van der Waals surface area (Å²) in [6.07, 6.45) is 5.19. The number of aldehydes is 1. The van der Waals surface area contributed by atoms with Crippen molar-refractivity contribution in [3.8, 4) is 11.5 Å². The lowest BCUT2D eigenvalue weighted by Crippen LogP contribution is -1.99. The zero-order chi connectivity index (χ0) is 15.5. The highest BCUT2D eigenvalue weighted by molar-refractivity contribution is 5.74. The minimum absolute atomic E-state index is 0.672. The average molecular weight is 298 g/mol. The van der Waals surface area contributed by atoms with E-state index in [1.807, 2.05) is 42.5 Å². The minimum atomic E-state index is 0.672. The smallest absolute Gasteiger partial charge is 0.150 e. The Labute approximate surface area is 131 Å². The summed E-state index contributed by atoms with van der Waals surface area (Å²) in [5.41, 5.74) is 0.672. The molecule has 0 aliphatic rings. The van der Waals surface area contributed by atoms with Crippen LogP contribution in [0.1, 0.15) is 36.0 Å². The van der Waals surface area contributed by atoms with E-state index in [0.29, 0.717) is 12.2 Å². The van der Waals surface area contributed by atoms with Gasteiger partial charge in [-0.3, -0.25) is 4.79 Å². The first kappa shape index (κ1) is 16.1. The van der Waals surface area contributed by atoms with Crippen LogP contribution in [0.4, 0.5) is 0 Å². The highest BCUT2D eigenvalue weighted by atomic mass is 16.5. The maximum absolute atomic E-state index is 10.5.